The first-order valence-corrected chi connectivity index (χ1v) is 0.816. The predicted molar refractivity (Wildman–Crippen MR) is 13.3 cm³/mol. The molecule has 0 rings (SSSR count). The first-order valence-electron chi connectivity index (χ1n) is 0.408. The van der Waals surface area contributed by atoms with Crippen LogP contribution in [0.2, 0.25) is 0 Å². The standard InChI is InChI=1S/COS.Co/c2-1-3;. The minimum atomic E-state index is 0. The number of hydrogen-bond donors (Lipinski definition) is 0. The van der Waals surface area contributed by atoms with Gasteiger partial charge in [0.2, 0.25) is 5.23 Å². The van der Waals surface area contributed by atoms with Gasteiger partial charge in [-0.15, -0.1) is 0 Å². The van der Waals surface area contributed by atoms with Crippen LogP contribution in [-0.2, 0) is 21.6 Å². The van der Waals surface area contributed by atoms with E-state index in [9.17, 15) is 0 Å². The van der Waals surface area contributed by atoms with Crippen molar-refractivity contribution in [2.24, 2.45) is 0 Å². The minimum absolute atomic E-state index is 0. The molecule has 0 saturated heterocycles. The van der Waals surface area contributed by atoms with Crippen molar-refractivity contribution in [3.05, 3.63) is 0 Å². The monoisotopic (exact) mass is 119 g/mol. The van der Waals surface area contributed by atoms with Crippen molar-refractivity contribution in [3.8, 4) is 0 Å². The molecule has 0 aliphatic heterocycles. The first-order chi connectivity index (χ1) is 1.41. The topological polar surface area (TPSA) is 17.1 Å². The van der Waals surface area contributed by atoms with E-state index < -0.39 is 0 Å². The van der Waals surface area contributed by atoms with Crippen molar-refractivity contribution >= 4 is 17.5 Å². The number of hydrogen-bond acceptors (Lipinski definition) is 2. The van der Waals surface area contributed by atoms with Gasteiger partial charge in [-0.25, -0.2) is 4.79 Å². The van der Waals surface area contributed by atoms with Crippen molar-refractivity contribution in [2.45, 2.75) is 0 Å². The molecule has 0 aliphatic carbocycles. The smallest absolute Gasteiger partial charge is 0.202 e. The third kappa shape index (κ3) is 41.9. The molecule has 25 valence electrons. The van der Waals surface area contributed by atoms with Gasteiger partial charge in [0.25, 0.3) is 0 Å². The van der Waals surface area contributed by atoms with E-state index in [0.717, 1.165) is 5.23 Å². The molecule has 0 saturated carbocycles. The Hall–Kier alpha value is 0.306. The SMILES string of the molecule is O=C=S.[Co]. The van der Waals surface area contributed by atoms with Crippen molar-refractivity contribution in [1.29, 1.82) is 0 Å². The van der Waals surface area contributed by atoms with Crippen LogP contribution in [0.3, 0.4) is 0 Å². The van der Waals surface area contributed by atoms with Crippen LogP contribution < -0.4 is 0 Å². The van der Waals surface area contributed by atoms with Gasteiger partial charge in [0.05, 0.1) is 0 Å². The van der Waals surface area contributed by atoms with E-state index in [1.54, 1.807) is 0 Å². The fourth-order valence-corrected chi connectivity index (χ4v) is 0. The average Bonchev–Trinajstić information content (AvgIpc) is 0.918. The Morgan fingerprint density at radius 3 is 1.75 bits per heavy atom. The Bertz CT molecular complexity index is 29.0. The summed E-state index contributed by atoms with van der Waals surface area (Å²) in [4.78, 5) is 8.50. The zero-order chi connectivity index (χ0) is 2.71. The van der Waals surface area contributed by atoms with Gasteiger partial charge in [-0.3, -0.25) is 0 Å². The van der Waals surface area contributed by atoms with Gasteiger partial charge in [-0.2, -0.15) is 0 Å². The molecular weight excluding hydrogens is 119 g/mol. The second kappa shape index (κ2) is 10.3. The third-order valence-corrected chi connectivity index (χ3v) is 0. The maximum Gasteiger partial charge on any atom is 0.202 e. The van der Waals surface area contributed by atoms with Crippen LogP contribution in [0.5, 0.6) is 0 Å². The molecular formula is CCoOS. The Morgan fingerprint density at radius 2 is 1.75 bits per heavy atom. The first kappa shape index (κ1) is 8.85. The number of carbonyl (C=O) groups excluding carboxylic acids is 1. The summed E-state index contributed by atoms with van der Waals surface area (Å²) in [6, 6.07) is 0. The van der Waals surface area contributed by atoms with E-state index >= 15 is 0 Å². The third-order valence-electron chi connectivity index (χ3n) is 0. The Labute approximate surface area is 39.6 Å². The summed E-state index contributed by atoms with van der Waals surface area (Å²) in [6.07, 6.45) is 0. The van der Waals surface area contributed by atoms with Crippen LogP contribution in [-0.4, -0.2) is 5.23 Å². The molecule has 0 aromatic heterocycles. The van der Waals surface area contributed by atoms with Gasteiger partial charge in [0.1, 0.15) is 0 Å². The van der Waals surface area contributed by atoms with Crippen LogP contribution in [0, 0.1) is 0 Å². The van der Waals surface area contributed by atoms with E-state index in [1.165, 1.54) is 0 Å². The molecule has 0 fully saturated rings. The van der Waals surface area contributed by atoms with E-state index in [2.05, 4.69) is 12.2 Å². The number of rotatable bonds is 0. The molecule has 0 heterocycles. The van der Waals surface area contributed by atoms with Gasteiger partial charge in [-0.1, -0.05) is 0 Å². The Kier molecular flexibility index (Phi) is 22.8. The molecule has 0 aromatic rings. The normalized spacial score (nSPS) is 2.00. The van der Waals surface area contributed by atoms with Crippen LogP contribution in [0.15, 0.2) is 0 Å². The summed E-state index contributed by atoms with van der Waals surface area (Å²) >= 11 is 3.59. The molecule has 0 atom stereocenters. The molecule has 4 heavy (non-hydrogen) atoms. The molecule has 0 amide bonds. The average molecular weight is 119 g/mol. The summed E-state index contributed by atoms with van der Waals surface area (Å²) in [6.45, 7) is 0. The Balaban J connectivity index is 0. The molecule has 3 heteroatoms. The van der Waals surface area contributed by atoms with E-state index in [0.29, 0.717) is 0 Å². The summed E-state index contributed by atoms with van der Waals surface area (Å²) in [5, 5.41) is 1.08. The van der Waals surface area contributed by atoms with Gasteiger partial charge in [0, 0.05) is 29.0 Å². The molecule has 1 radical (unpaired) electrons. The van der Waals surface area contributed by atoms with Gasteiger partial charge in [0.15, 0.2) is 0 Å². The molecule has 0 bridgehead atoms. The fraction of sp³-hybridized carbons (Fsp3) is 0. The molecule has 0 N–H and O–H groups in total. The fourth-order valence-electron chi connectivity index (χ4n) is 0. The minimum Gasteiger partial charge on any atom is -0.220 e. The second-order valence-electron chi connectivity index (χ2n) is 0.0833. The predicted octanol–water partition coefficient (Wildman–Crippen LogP) is 0.249. The van der Waals surface area contributed by atoms with E-state index in [4.69, 9.17) is 4.79 Å². The van der Waals surface area contributed by atoms with Crippen molar-refractivity contribution in [2.75, 3.05) is 0 Å². The second-order valence-corrected chi connectivity index (χ2v) is 0.250. The van der Waals surface area contributed by atoms with Gasteiger partial charge in [-0.05, 0) is 0 Å². The van der Waals surface area contributed by atoms with Crippen LogP contribution in [0.1, 0.15) is 0 Å². The maximum absolute atomic E-state index is 8.50. The van der Waals surface area contributed by atoms with Crippen molar-refractivity contribution in [3.63, 3.8) is 0 Å². The summed E-state index contributed by atoms with van der Waals surface area (Å²) in [5.41, 5.74) is 0. The quantitative estimate of drug-likeness (QED) is 0.425. The molecule has 0 spiro atoms. The molecule has 1 nitrogen and oxygen atoms in total. The summed E-state index contributed by atoms with van der Waals surface area (Å²) < 4.78 is 0. The van der Waals surface area contributed by atoms with Crippen LogP contribution in [0.4, 0.5) is 0 Å². The number of thiocarbonyl (C=S) groups is 1. The zero-order valence-electron chi connectivity index (χ0n) is 1.65. The van der Waals surface area contributed by atoms with Gasteiger partial charge >= 0.3 is 0 Å². The maximum atomic E-state index is 8.50. The molecule has 0 aromatic carbocycles. The molecule has 0 aliphatic rings. The van der Waals surface area contributed by atoms with E-state index in [1.807, 2.05) is 0 Å². The molecule has 0 unspecified atom stereocenters. The van der Waals surface area contributed by atoms with Gasteiger partial charge < -0.3 is 0 Å². The van der Waals surface area contributed by atoms with E-state index in [-0.39, 0.29) is 16.8 Å². The van der Waals surface area contributed by atoms with Crippen molar-refractivity contribution < 1.29 is 21.6 Å². The zero-order valence-corrected chi connectivity index (χ0v) is 3.51. The van der Waals surface area contributed by atoms with Crippen LogP contribution in [0.25, 0.3) is 0 Å². The summed E-state index contributed by atoms with van der Waals surface area (Å²) in [7, 11) is 0. The van der Waals surface area contributed by atoms with Crippen molar-refractivity contribution in [1.82, 2.24) is 0 Å². The Morgan fingerprint density at radius 1 is 1.75 bits per heavy atom. The van der Waals surface area contributed by atoms with Crippen LogP contribution >= 0.6 is 12.2 Å². The summed E-state index contributed by atoms with van der Waals surface area (Å²) in [5.74, 6) is 0. The largest absolute Gasteiger partial charge is 0.220 e.